The molecule has 1 aromatic carbocycles. The van der Waals surface area contributed by atoms with E-state index in [0.29, 0.717) is 22.0 Å². The molecule has 0 amide bonds. The summed E-state index contributed by atoms with van der Waals surface area (Å²) in [5.41, 5.74) is 14.1. The molecule has 0 bridgehead atoms. The Labute approximate surface area is 176 Å². The van der Waals surface area contributed by atoms with Gasteiger partial charge in [0.15, 0.2) is 5.65 Å². The van der Waals surface area contributed by atoms with Crippen LogP contribution in [0.4, 0.5) is 11.8 Å². The number of benzene rings is 1. The Balaban J connectivity index is 0.000000177. The van der Waals surface area contributed by atoms with Crippen LogP contribution in [0.5, 0.6) is 0 Å². The van der Waals surface area contributed by atoms with Gasteiger partial charge in [0.25, 0.3) is 5.56 Å². The molecule has 10 nitrogen and oxygen atoms in total. The highest BCUT2D eigenvalue weighted by atomic mass is 35.5. The molecule has 0 radical (unpaired) electrons. The molecular weight excluding hydrogens is 408 g/mol. The largest absolute Gasteiger partial charge is 0.383 e. The van der Waals surface area contributed by atoms with Gasteiger partial charge in [-0.2, -0.15) is 4.98 Å². The van der Waals surface area contributed by atoms with Crippen molar-refractivity contribution < 1.29 is 0 Å². The normalized spacial score (nSPS) is 10.7. The number of aromatic nitrogens is 6. The Kier molecular flexibility index (Phi) is 5.88. The number of aromatic amines is 1. The Morgan fingerprint density at radius 3 is 2.37 bits per heavy atom. The molecule has 11 heteroatoms. The highest BCUT2D eigenvalue weighted by molar-refractivity contribution is 6.30. The number of halogens is 1. The molecule has 0 saturated carbocycles. The van der Waals surface area contributed by atoms with Gasteiger partial charge in [0.05, 0.1) is 12.0 Å². The van der Waals surface area contributed by atoms with Crippen molar-refractivity contribution in [3.8, 4) is 11.1 Å². The number of H-pyrrole nitrogens is 1. The van der Waals surface area contributed by atoms with E-state index in [2.05, 4.69) is 19.9 Å². The van der Waals surface area contributed by atoms with Gasteiger partial charge >= 0.3 is 5.69 Å². The second kappa shape index (κ2) is 8.37. The molecule has 30 heavy (non-hydrogen) atoms. The van der Waals surface area contributed by atoms with Gasteiger partial charge in [0.2, 0.25) is 5.95 Å². The van der Waals surface area contributed by atoms with Crippen LogP contribution >= 0.6 is 11.6 Å². The maximum Gasteiger partial charge on any atom is 0.332 e. The second-order valence-electron chi connectivity index (χ2n) is 6.46. The van der Waals surface area contributed by atoms with Crippen LogP contribution in [-0.2, 0) is 20.5 Å². The number of fused-ring (bicyclic) bond motifs is 1. The van der Waals surface area contributed by atoms with Crippen LogP contribution in [0.25, 0.3) is 22.3 Å². The summed E-state index contributed by atoms with van der Waals surface area (Å²) in [5, 5.41) is 0.682. The van der Waals surface area contributed by atoms with E-state index in [0.717, 1.165) is 27.8 Å². The molecule has 3 aromatic heterocycles. The van der Waals surface area contributed by atoms with E-state index < -0.39 is 0 Å². The van der Waals surface area contributed by atoms with Crippen molar-refractivity contribution in [2.45, 2.75) is 13.3 Å². The monoisotopic (exact) mass is 428 g/mol. The number of rotatable bonds is 2. The van der Waals surface area contributed by atoms with Gasteiger partial charge in [-0.1, -0.05) is 30.7 Å². The number of nitrogens with two attached hydrogens (primary N) is 2. The zero-order valence-corrected chi connectivity index (χ0v) is 17.4. The Morgan fingerprint density at radius 1 is 1.07 bits per heavy atom. The zero-order valence-electron chi connectivity index (χ0n) is 16.7. The smallest absolute Gasteiger partial charge is 0.332 e. The van der Waals surface area contributed by atoms with Crippen LogP contribution in [0.1, 0.15) is 12.6 Å². The van der Waals surface area contributed by atoms with E-state index in [1.807, 2.05) is 31.2 Å². The molecule has 5 N–H and O–H groups in total. The number of nitrogens with one attached hydrogen (secondary N) is 1. The number of aryl methyl sites for hydroxylation is 2. The fourth-order valence-electron chi connectivity index (χ4n) is 3.00. The average Bonchev–Trinajstić information content (AvgIpc) is 3.22. The molecule has 0 spiro atoms. The zero-order chi connectivity index (χ0) is 22.0. The topological polar surface area (TPSA) is 150 Å². The number of nitrogen functional groups attached to an aromatic ring is 2. The molecule has 0 aliphatic heterocycles. The lowest BCUT2D eigenvalue weighted by atomic mass is 10.0. The van der Waals surface area contributed by atoms with Gasteiger partial charge in [-0.15, -0.1) is 0 Å². The second-order valence-corrected chi connectivity index (χ2v) is 6.89. The van der Waals surface area contributed by atoms with E-state index >= 15 is 0 Å². The summed E-state index contributed by atoms with van der Waals surface area (Å²) in [4.78, 5) is 37.6. The summed E-state index contributed by atoms with van der Waals surface area (Å²) in [6, 6.07) is 7.41. The minimum atomic E-state index is -0.371. The van der Waals surface area contributed by atoms with Crippen molar-refractivity contribution in [1.29, 1.82) is 0 Å². The lowest BCUT2D eigenvalue weighted by molar-refractivity contribution is 0.709. The first-order valence-corrected chi connectivity index (χ1v) is 9.39. The SMILES string of the molecule is CCc1nc(N)nc(N)c1-c1ccc(Cl)cc1.Cn1c(=O)c2[nH]cnc2n(C)c1=O. The van der Waals surface area contributed by atoms with E-state index in [-0.39, 0.29) is 17.2 Å². The van der Waals surface area contributed by atoms with Gasteiger partial charge in [0.1, 0.15) is 11.3 Å². The molecule has 0 aliphatic carbocycles. The summed E-state index contributed by atoms with van der Waals surface area (Å²) in [6.07, 6.45) is 2.14. The van der Waals surface area contributed by atoms with Crippen LogP contribution < -0.4 is 22.7 Å². The minimum Gasteiger partial charge on any atom is -0.383 e. The van der Waals surface area contributed by atoms with Crippen molar-refractivity contribution in [3.63, 3.8) is 0 Å². The van der Waals surface area contributed by atoms with Gasteiger partial charge in [0, 0.05) is 24.7 Å². The highest BCUT2D eigenvalue weighted by Gasteiger charge is 2.12. The minimum absolute atomic E-state index is 0.206. The van der Waals surface area contributed by atoms with Crippen LogP contribution in [0, 0.1) is 0 Å². The predicted octanol–water partition coefficient (Wildman–Crippen LogP) is 1.48. The van der Waals surface area contributed by atoms with Crippen LogP contribution in [0.2, 0.25) is 5.02 Å². The number of hydrogen-bond donors (Lipinski definition) is 3. The van der Waals surface area contributed by atoms with E-state index in [4.69, 9.17) is 23.1 Å². The lowest BCUT2D eigenvalue weighted by Gasteiger charge is -2.10. The summed E-state index contributed by atoms with van der Waals surface area (Å²) < 4.78 is 2.37. The first kappa shape index (κ1) is 21.1. The van der Waals surface area contributed by atoms with Crippen molar-refractivity contribution in [3.05, 3.63) is 62.1 Å². The van der Waals surface area contributed by atoms with Crippen molar-refractivity contribution in [2.24, 2.45) is 14.1 Å². The van der Waals surface area contributed by atoms with Gasteiger partial charge in [-0.05, 0) is 24.1 Å². The molecular formula is C19H21ClN8O2. The molecule has 0 unspecified atom stereocenters. The first-order valence-electron chi connectivity index (χ1n) is 9.01. The van der Waals surface area contributed by atoms with E-state index in [9.17, 15) is 9.59 Å². The van der Waals surface area contributed by atoms with Crippen molar-refractivity contribution >= 4 is 34.5 Å². The van der Waals surface area contributed by atoms with Gasteiger partial charge in [-0.3, -0.25) is 13.9 Å². The molecule has 0 saturated heterocycles. The molecule has 0 aliphatic rings. The fraction of sp³-hybridized carbons (Fsp3) is 0.211. The summed E-state index contributed by atoms with van der Waals surface area (Å²) in [6.45, 7) is 2.00. The summed E-state index contributed by atoms with van der Waals surface area (Å²) in [7, 11) is 3.01. The van der Waals surface area contributed by atoms with Gasteiger partial charge in [-0.25, -0.2) is 14.8 Å². The van der Waals surface area contributed by atoms with Crippen LogP contribution in [0.15, 0.2) is 40.2 Å². The third-order valence-corrected chi connectivity index (χ3v) is 4.78. The first-order chi connectivity index (χ1) is 14.2. The predicted molar refractivity (Wildman–Crippen MR) is 117 cm³/mol. The third kappa shape index (κ3) is 3.90. The summed E-state index contributed by atoms with van der Waals surface area (Å²) >= 11 is 5.86. The summed E-state index contributed by atoms with van der Waals surface area (Å²) in [5.74, 6) is 0.605. The molecule has 0 fully saturated rings. The molecule has 4 aromatic rings. The van der Waals surface area contributed by atoms with Crippen LogP contribution in [-0.4, -0.2) is 29.1 Å². The number of nitrogens with zero attached hydrogens (tertiary/aromatic N) is 5. The van der Waals surface area contributed by atoms with Gasteiger partial charge < -0.3 is 16.5 Å². The van der Waals surface area contributed by atoms with E-state index in [1.165, 1.54) is 17.9 Å². The molecule has 3 heterocycles. The molecule has 4 rings (SSSR count). The lowest BCUT2D eigenvalue weighted by Crippen LogP contribution is -2.36. The maximum absolute atomic E-state index is 11.4. The Hall–Kier alpha value is -3.66. The Morgan fingerprint density at radius 2 is 1.73 bits per heavy atom. The number of imidazole rings is 1. The third-order valence-electron chi connectivity index (χ3n) is 4.53. The molecule has 156 valence electrons. The quantitative estimate of drug-likeness (QED) is 0.437. The Bertz CT molecular complexity index is 1320. The average molecular weight is 429 g/mol. The van der Waals surface area contributed by atoms with Crippen LogP contribution in [0.3, 0.4) is 0 Å². The highest BCUT2D eigenvalue weighted by Crippen LogP contribution is 2.29. The standard InChI is InChI=1S/C12H13ClN4.C7H8N4O2/c1-2-9-10(11(14)17-12(15)16-9)7-3-5-8(13)6-4-7;1-10-5-4(8-3-9-5)6(12)11(2)7(10)13/h3-6H,2H2,1H3,(H4,14,15,16,17);3H,1-2H3,(H,8,9). The fourth-order valence-corrected chi connectivity index (χ4v) is 3.13. The maximum atomic E-state index is 11.4. The van der Waals surface area contributed by atoms with Crippen molar-refractivity contribution in [1.82, 2.24) is 29.1 Å². The number of anilines is 2. The van der Waals surface area contributed by atoms with E-state index in [1.54, 1.807) is 7.05 Å². The molecule has 0 atom stereocenters. The van der Waals surface area contributed by atoms with Crippen molar-refractivity contribution in [2.75, 3.05) is 11.5 Å². The number of hydrogen-bond acceptors (Lipinski definition) is 7.